The number of thiazole rings is 2. The van der Waals surface area contributed by atoms with E-state index in [4.69, 9.17) is 9.97 Å². The van der Waals surface area contributed by atoms with Crippen LogP contribution in [0.25, 0.3) is 41.6 Å². The molecule has 0 spiro atoms. The number of fused-ring (bicyclic) bond motifs is 2. The summed E-state index contributed by atoms with van der Waals surface area (Å²) in [6, 6.07) is 42.5. The van der Waals surface area contributed by atoms with Gasteiger partial charge in [-0.25, -0.2) is 9.97 Å². The number of rotatable bonds is 5. The molecule has 2 heterocycles. The molecular formula is C34H19N5S2. The summed E-state index contributed by atoms with van der Waals surface area (Å²) in [6.45, 7) is 0. The van der Waals surface area contributed by atoms with E-state index in [0.29, 0.717) is 11.1 Å². The standard InChI is InChI=1S/C34H19N5S2/c35-20-24-13-18-28(19-25(24)21-36)39(26-14-9-22(10-15-26)33-37-29-5-1-3-7-31(29)40-33)27-16-11-23(12-17-27)34-38-30-6-2-4-8-32(30)41-34/h1-19H. The molecule has 0 fully saturated rings. The molecular weight excluding hydrogens is 543 g/mol. The maximum atomic E-state index is 9.71. The van der Waals surface area contributed by atoms with Crippen LogP contribution in [-0.4, -0.2) is 9.97 Å². The fraction of sp³-hybridized carbons (Fsp3) is 0. The van der Waals surface area contributed by atoms with Gasteiger partial charge in [0.1, 0.15) is 22.2 Å². The van der Waals surface area contributed by atoms with E-state index < -0.39 is 0 Å². The minimum absolute atomic E-state index is 0.340. The molecule has 0 radical (unpaired) electrons. The highest BCUT2D eigenvalue weighted by atomic mass is 32.1. The SMILES string of the molecule is N#Cc1ccc(N(c2ccc(-c3nc4ccccc4s3)cc2)c2ccc(-c3nc4ccccc4s3)cc2)cc1C#N. The van der Waals surface area contributed by atoms with Gasteiger partial charge >= 0.3 is 0 Å². The Morgan fingerprint density at radius 3 is 1.44 bits per heavy atom. The molecule has 0 bridgehead atoms. The Hall–Kier alpha value is -5.34. The van der Waals surface area contributed by atoms with Crippen molar-refractivity contribution in [2.75, 3.05) is 4.90 Å². The Bertz CT molecular complexity index is 1940. The average molecular weight is 562 g/mol. The first kappa shape index (κ1) is 24.7. The van der Waals surface area contributed by atoms with Crippen LogP contribution in [0, 0.1) is 22.7 Å². The summed E-state index contributed by atoms with van der Waals surface area (Å²) in [4.78, 5) is 11.7. The van der Waals surface area contributed by atoms with Crippen LogP contribution in [0.5, 0.6) is 0 Å². The van der Waals surface area contributed by atoms with Gasteiger partial charge in [-0.1, -0.05) is 24.3 Å². The van der Waals surface area contributed by atoms with Crippen LogP contribution in [0.2, 0.25) is 0 Å². The Morgan fingerprint density at radius 1 is 0.512 bits per heavy atom. The molecule has 0 amide bonds. The fourth-order valence-corrected chi connectivity index (χ4v) is 6.75. The second-order valence-corrected chi connectivity index (χ2v) is 11.4. The molecule has 7 rings (SSSR count). The summed E-state index contributed by atoms with van der Waals surface area (Å²) in [6.07, 6.45) is 0. The molecule has 0 aliphatic carbocycles. The normalized spacial score (nSPS) is 10.9. The van der Waals surface area contributed by atoms with Crippen molar-refractivity contribution in [3.8, 4) is 33.3 Å². The maximum Gasteiger partial charge on any atom is 0.124 e. The van der Waals surface area contributed by atoms with Crippen LogP contribution in [-0.2, 0) is 0 Å². The van der Waals surface area contributed by atoms with Crippen molar-refractivity contribution in [1.29, 1.82) is 10.5 Å². The zero-order chi connectivity index (χ0) is 27.8. The van der Waals surface area contributed by atoms with Crippen molar-refractivity contribution in [1.82, 2.24) is 9.97 Å². The van der Waals surface area contributed by atoms with Crippen LogP contribution in [0.15, 0.2) is 115 Å². The number of para-hydroxylation sites is 2. The largest absolute Gasteiger partial charge is 0.310 e. The smallest absolute Gasteiger partial charge is 0.124 e. The topological polar surface area (TPSA) is 76.6 Å². The number of hydrogen-bond donors (Lipinski definition) is 0. The number of nitriles is 2. The molecule has 0 saturated heterocycles. The first-order valence-electron chi connectivity index (χ1n) is 12.9. The van der Waals surface area contributed by atoms with Gasteiger partial charge in [-0.2, -0.15) is 10.5 Å². The summed E-state index contributed by atoms with van der Waals surface area (Å²) in [7, 11) is 0. The lowest BCUT2D eigenvalue weighted by atomic mass is 10.1. The van der Waals surface area contributed by atoms with E-state index >= 15 is 0 Å². The Labute approximate surface area is 244 Å². The highest BCUT2D eigenvalue weighted by Crippen LogP contribution is 2.39. The maximum absolute atomic E-state index is 9.71. The predicted octanol–water partition coefficient (Wildman–Crippen LogP) is 9.45. The summed E-state index contributed by atoms with van der Waals surface area (Å²) < 4.78 is 2.31. The van der Waals surface area contributed by atoms with E-state index in [1.165, 1.54) is 0 Å². The second-order valence-electron chi connectivity index (χ2n) is 9.36. The molecule has 0 saturated carbocycles. The lowest BCUT2D eigenvalue weighted by molar-refractivity contribution is 1.27. The molecule has 5 aromatic carbocycles. The minimum Gasteiger partial charge on any atom is -0.310 e. The third kappa shape index (κ3) is 4.60. The summed E-state index contributed by atoms with van der Waals surface area (Å²) in [5, 5.41) is 21.1. The molecule has 5 nitrogen and oxygen atoms in total. The fourth-order valence-electron chi connectivity index (χ4n) is 4.81. The Balaban J connectivity index is 1.29. The number of hydrogen-bond acceptors (Lipinski definition) is 7. The zero-order valence-electron chi connectivity index (χ0n) is 21.5. The van der Waals surface area contributed by atoms with Crippen LogP contribution >= 0.6 is 22.7 Å². The quantitative estimate of drug-likeness (QED) is 0.209. The molecule has 0 unspecified atom stereocenters. The molecule has 0 atom stereocenters. The van der Waals surface area contributed by atoms with Crippen molar-refractivity contribution in [2.24, 2.45) is 0 Å². The average Bonchev–Trinajstić information content (AvgIpc) is 3.67. The molecule has 0 N–H and O–H groups in total. The number of benzene rings is 5. The molecule has 7 heteroatoms. The lowest BCUT2D eigenvalue weighted by Gasteiger charge is -2.26. The summed E-state index contributed by atoms with van der Waals surface area (Å²) in [5.41, 5.74) is 7.41. The predicted molar refractivity (Wildman–Crippen MR) is 168 cm³/mol. The van der Waals surface area contributed by atoms with Crippen LogP contribution in [0.3, 0.4) is 0 Å². The van der Waals surface area contributed by atoms with E-state index in [9.17, 15) is 10.5 Å². The van der Waals surface area contributed by atoms with Crippen molar-refractivity contribution in [3.05, 3.63) is 126 Å². The van der Waals surface area contributed by atoms with Crippen molar-refractivity contribution >= 4 is 60.2 Å². The van der Waals surface area contributed by atoms with Crippen molar-refractivity contribution in [3.63, 3.8) is 0 Å². The van der Waals surface area contributed by atoms with Gasteiger partial charge < -0.3 is 4.90 Å². The first-order chi connectivity index (χ1) is 20.2. The van der Waals surface area contributed by atoms with Gasteiger partial charge in [-0.05, 0) is 91.0 Å². The van der Waals surface area contributed by atoms with E-state index in [-0.39, 0.29) is 0 Å². The highest BCUT2D eigenvalue weighted by Gasteiger charge is 2.16. The van der Waals surface area contributed by atoms with Gasteiger partial charge in [0.05, 0.1) is 31.6 Å². The molecule has 192 valence electrons. The van der Waals surface area contributed by atoms with E-state index in [1.54, 1.807) is 34.8 Å². The van der Waals surface area contributed by atoms with Gasteiger partial charge in [-0.15, -0.1) is 22.7 Å². The van der Waals surface area contributed by atoms with Crippen LogP contribution < -0.4 is 4.90 Å². The number of anilines is 3. The lowest BCUT2D eigenvalue weighted by Crippen LogP contribution is -2.10. The molecule has 0 aliphatic heterocycles. The van der Waals surface area contributed by atoms with Gasteiger partial charge in [0.25, 0.3) is 0 Å². The van der Waals surface area contributed by atoms with E-state index in [1.807, 2.05) is 42.5 Å². The van der Waals surface area contributed by atoms with Gasteiger partial charge in [0.15, 0.2) is 0 Å². The van der Waals surface area contributed by atoms with Gasteiger partial charge in [0.2, 0.25) is 0 Å². The van der Waals surface area contributed by atoms with Crippen molar-refractivity contribution < 1.29 is 0 Å². The molecule has 41 heavy (non-hydrogen) atoms. The molecule has 0 aliphatic rings. The Kier molecular flexibility index (Phi) is 6.22. The monoisotopic (exact) mass is 561 g/mol. The minimum atomic E-state index is 0.340. The molecule has 2 aromatic heterocycles. The highest BCUT2D eigenvalue weighted by molar-refractivity contribution is 7.22. The number of aromatic nitrogens is 2. The third-order valence-electron chi connectivity index (χ3n) is 6.83. The van der Waals surface area contributed by atoms with E-state index in [0.717, 1.165) is 58.6 Å². The van der Waals surface area contributed by atoms with Gasteiger partial charge in [-0.3, -0.25) is 0 Å². The first-order valence-corrected chi connectivity index (χ1v) is 14.5. The van der Waals surface area contributed by atoms with Crippen LogP contribution in [0.4, 0.5) is 17.1 Å². The van der Waals surface area contributed by atoms with Crippen LogP contribution in [0.1, 0.15) is 11.1 Å². The second kappa shape index (κ2) is 10.3. The molecule has 7 aromatic rings. The summed E-state index contributed by atoms with van der Waals surface area (Å²) >= 11 is 3.34. The Morgan fingerprint density at radius 2 is 0.976 bits per heavy atom. The number of nitrogens with zero attached hydrogens (tertiary/aromatic N) is 5. The third-order valence-corrected chi connectivity index (χ3v) is 9.01. The van der Waals surface area contributed by atoms with Crippen molar-refractivity contribution in [2.45, 2.75) is 0 Å². The van der Waals surface area contributed by atoms with E-state index in [2.05, 4.69) is 77.7 Å². The zero-order valence-corrected chi connectivity index (χ0v) is 23.2. The summed E-state index contributed by atoms with van der Waals surface area (Å²) in [5.74, 6) is 0. The van der Waals surface area contributed by atoms with Gasteiger partial charge in [0, 0.05) is 28.2 Å².